The summed E-state index contributed by atoms with van der Waals surface area (Å²) in [5, 5.41) is 2.69. The van der Waals surface area contributed by atoms with E-state index in [0.717, 1.165) is 0 Å². The largest absolute Gasteiger partial charge is 0.416 e. The highest BCUT2D eigenvalue weighted by Gasteiger charge is 2.59. The van der Waals surface area contributed by atoms with E-state index in [1.54, 1.807) is 35.0 Å². The first-order valence-corrected chi connectivity index (χ1v) is 6.08. The van der Waals surface area contributed by atoms with Crippen LogP contribution in [-0.4, -0.2) is 17.3 Å². The Morgan fingerprint density at radius 1 is 1.05 bits per heavy atom. The SMILES string of the molecule is FC(F)(F)C1(c2ccccc2)NCCn2cccc21. The molecular formula is C14H13F3N2. The minimum atomic E-state index is -4.40. The van der Waals surface area contributed by atoms with Crippen molar-refractivity contribution in [1.29, 1.82) is 0 Å². The fourth-order valence-electron chi connectivity index (χ4n) is 2.75. The van der Waals surface area contributed by atoms with Crippen molar-refractivity contribution >= 4 is 0 Å². The topological polar surface area (TPSA) is 17.0 Å². The molecule has 1 unspecified atom stereocenters. The van der Waals surface area contributed by atoms with Crippen LogP contribution in [0.15, 0.2) is 48.7 Å². The van der Waals surface area contributed by atoms with Gasteiger partial charge in [-0.15, -0.1) is 0 Å². The quantitative estimate of drug-likeness (QED) is 0.839. The summed E-state index contributed by atoms with van der Waals surface area (Å²) < 4.78 is 43.0. The van der Waals surface area contributed by atoms with E-state index in [1.807, 2.05) is 0 Å². The monoisotopic (exact) mass is 266 g/mol. The molecule has 0 saturated carbocycles. The third kappa shape index (κ3) is 1.69. The van der Waals surface area contributed by atoms with Crippen LogP contribution in [0, 0.1) is 0 Å². The summed E-state index contributed by atoms with van der Waals surface area (Å²) in [6.07, 6.45) is -2.70. The van der Waals surface area contributed by atoms with Crippen LogP contribution in [0.3, 0.4) is 0 Å². The Balaban J connectivity index is 2.27. The lowest BCUT2D eigenvalue weighted by atomic mass is 9.84. The van der Waals surface area contributed by atoms with Crippen LogP contribution in [0.5, 0.6) is 0 Å². The molecule has 100 valence electrons. The molecule has 3 rings (SSSR count). The van der Waals surface area contributed by atoms with Crippen LogP contribution in [0.1, 0.15) is 11.3 Å². The van der Waals surface area contributed by atoms with Crippen molar-refractivity contribution < 1.29 is 13.2 Å². The fraction of sp³-hybridized carbons (Fsp3) is 0.286. The summed E-state index contributed by atoms with van der Waals surface area (Å²) in [4.78, 5) is 0. The summed E-state index contributed by atoms with van der Waals surface area (Å²) in [6.45, 7) is 0.836. The lowest BCUT2D eigenvalue weighted by molar-refractivity contribution is -0.191. The van der Waals surface area contributed by atoms with Gasteiger partial charge in [-0.05, 0) is 17.7 Å². The van der Waals surface area contributed by atoms with E-state index in [2.05, 4.69) is 5.32 Å². The van der Waals surface area contributed by atoms with Gasteiger partial charge >= 0.3 is 6.18 Å². The smallest absolute Gasteiger partial charge is 0.348 e. The molecule has 0 spiro atoms. The maximum absolute atomic E-state index is 13.8. The standard InChI is InChI=1S/C14H13F3N2/c15-14(16,17)13(11-5-2-1-3-6-11)12-7-4-9-19(12)10-8-18-13/h1-7,9,18H,8,10H2. The number of nitrogens with one attached hydrogen (secondary N) is 1. The molecule has 1 N–H and O–H groups in total. The summed E-state index contributed by atoms with van der Waals surface area (Å²) in [5.41, 5.74) is -1.64. The van der Waals surface area contributed by atoms with E-state index in [4.69, 9.17) is 0 Å². The summed E-state index contributed by atoms with van der Waals surface area (Å²) in [5.74, 6) is 0. The van der Waals surface area contributed by atoms with Crippen molar-refractivity contribution in [3.63, 3.8) is 0 Å². The summed E-state index contributed by atoms with van der Waals surface area (Å²) >= 11 is 0. The van der Waals surface area contributed by atoms with Gasteiger partial charge in [-0.1, -0.05) is 30.3 Å². The Labute approximate surface area is 108 Å². The number of nitrogens with zero attached hydrogens (tertiary/aromatic N) is 1. The lowest BCUT2D eigenvalue weighted by Crippen LogP contribution is -2.59. The number of hydrogen-bond acceptors (Lipinski definition) is 1. The molecule has 0 amide bonds. The number of hydrogen-bond donors (Lipinski definition) is 1. The number of benzene rings is 1. The molecule has 2 nitrogen and oxygen atoms in total. The van der Waals surface area contributed by atoms with E-state index in [0.29, 0.717) is 6.54 Å². The van der Waals surface area contributed by atoms with Crippen LogP contribution in [0.25, 0.3) is 0 Å². The molecular weight excluding hydrogens is 253 g/mol. The summed E-state index contributed by atoms with van der Waals surface area (Å²) in [7, 11) is 0. The van der Waals surface area contributed by atoms with Crippen LogP contribution in [-0.2, 0) is 12.1 Å². The third-order valence-electron chi connectivity index (χ3n) is 3.59. The molecule has 2 aromatic rings. The molecule has 1 aromatic heterocycles. The highest BCUT2D eigenvalue weighted by atomic mass is 19.4. The van der Waals surface area contributed by atoms with E-state index >= 15 is 0 Å². The van der Waals surface area contributed by atoms with Gasteiger partial charge in [-0.2, -0.15) is 13.2 Å². The first-order chi connectivity index (χ1) is 9.06. The first-order valence-electron chi connectivity index (χ1n) is 6.08. The van der Waals surface area contributed by atoms with Gasteiger partial charge in [-0.25, -0.2) is 0 Å². The van der Waals surface area contributed by atoms with E-state index < -0.39 is 11.7 Å². The first kappa shape index (κ1) is 12.3. The average Bonchev–Trinajstić information content (AvgIpc) is 2.86. The van der Waals surface area contributed by atoms with E-state index in [-0.39, 0.29) is 17.8 Å². The Morgan fingerprint density at radius 2 is 1.79 bits per heavy atom. The second-order valence-corrected chi connectivity index (χ2v) is 4.63. The van der Waals surface area contributed by atoms with Crippen LogP contribution in [0.2, 0.25) is 0 Å². The maximum atomic E-state index is 13.8. The van der Waals surface area contributed by atoms with Crippen molar-refractivity contribution in [2.75, 3.05) is 6.54 Å². The molecule has 0 bridgehead atoms. The molecule has 1 aliphatic rings. The molecule has 0 radical (unpaired) electrons. The zero-order chi connectivity index (χ0) is 13.5. The highest BCUT2D eigenvalue weighted by Crippen LogP contribution is 2.45. The Morgan fingerprint density at radius 3 is 2.47 bits per heavy atom. The summed E-state index contributed by atoms with van der Waals surface area (Å²) in [6, 6.07) is 11.2. The Hall–Kier alpha value is -1.75. The molecule has 2 heterocycles. The van der Waals surface area contributed by atoms with Gasteiger partial charge in [0.15, 0.2) is 5.54 Å². The average molecular weight is 266 g/mol. The van der Waals surface area contributed by atoms with Crippen molar-refractivity contribution in [2.24, 2.45) is 0 Å². The molecule has 0 fully saturated rings. The number of aromatic nitrogens is 1. The van der Waals surface area contributed by atoms with Crippen LogP contribution >= 0.6 is 0 Å². The third-order valence-corrected chi connectivity index (χ3v) is 3.59. The fourth-order valence-corrected chi connectivity index (χ4v) is 2.75. The van der Waals surface area contributed by atoms with Gasteiger partial charge in [-0.3, -0.25) is 5.32 Å². The number of alkyl halides is 3. The van der Waals surface area contributed by atoms with Gasteiger partial charge in [0.25, 0.3) is 0 Å². The predicted octanol–water partition coefficient (Wildman–Crippen LogP) is 2.90. The van der Waals surface area contributed by atoms with Crippen molar-refractivity contribution in [1.82, 2.24) is 9.88 Å². The molecule has 5 heteroatoms. The number of fused-ring (bicyclic) bond motifs is 1. The predicted molar refractivity (Wildman–Crippen MR) is 65.7 cm³/mol. The van der Waals surface area contributed by atoms with E-state index in [9.17, 15) is 13.2 Å². The van der Waals surface area contributed by atoms with Gasteiger partial charge in [0.1, 0.15) is 0 Å². The molecule has 0 aliphatic carbocycles. The van der Waals surface area contributed by atoms with Gasteiger partial charge < -0.3 is 4.57 Å². The normalized spacial score (nSPS) is 23.1. The Bertz CT molecular complexity index is 574. The molecule has 1 atom stereocenters. The van der Waals surface area contributed by atoms with E-state index in [1.165, 1.54) is 18.2 Å². The molecule has 0 saturated heterocycles. The number of halogens is 3. The van der Waals surface area contributed by atoms with Gasteiger partial charge in [0.05, 0.1) is 5.69 Å². The molecule has 19 heavy (non-hydrogen) atoms. The minimum absolute atomic E-state index is 0.224. The van der Waals surface area contributed by atoms with Crippen molar-refractivity contribution in [2.45, 2.75) is 18.3 Å². The molecule has 1 aromatic carbocycles. The minimum Gasteiger partial charge on any atom is -0.348 e. The van der Waals surface area contributed by atoms with Gasteiger partial charge in [0, 0.05) is 19.3 Å². The highest BCUT2D eigenvalue weighted by molar-refractivity contribution is 5.39. The zero-order valence-corrected chi connectivity index (χ0v) is 10.1. The maximum Gasteiger partial charge on any atom is 0.416 e. The second-order valence-electron chi connectivity index (χ2n) is 4.63. The van der Waals surface area contributed by atoms with Crippen molar-refractivity contribution in [3.05, 3.63) is 59.9 Å². The second kappa shape index (κ2) is 4.13. The van der Waals surface area contributed by atoms with Crippen molar-refractivity contribution in [3.8, 4) is 0 Å². The van der Waals surface area contributed by atoms with Gasteiger partial charge in [0.2, 0.25) is 0 Å². The van der Waals surface area contributed by atoms with Crippen LogP contribution in [0.4, 0.5) is 13.2 Å². The molecule has 1 aliphatic heterocycles. The Kier molecular flexibility index (Phi) is 2.67. The van der Waals surface area contributed by atoms with Crippen LogP contribution < -0.4 is 5.32 Å². The zero-order valence-electron chi connectivity index (χ0n) is 10.1. The number of rotatable bonds is 1. The lowest BCUT2D eigenvalue weighted by Gasteiger charge is -2.41.